The van der Waals surface area contributed by atoms with Crippen LogP contribution in [0.4, 0.5) is 0 Å². The first kappa shape index (κ1) is 25.1. The van der Waals surface area contributed by atoms with Gasteiger partial charge in [-0.3, -0.25) is 19.5 Å². The lowest BCUT2D eigenvalue weighted by atomic mass is 9.94. The van der Waals surface area contributed by atoms with Gasteiger partial charge in [0, 0.05) is 58.8 Å². The maximum atomic E-state index is 13.0. The van der Waals surface area contributed by atoms with E-state index in [1.807, 2.05) is 41.3 Å². The van der Waals surface area contributed by atoms with E-state index in [0.717, 1.165) is 6.41 Å². The van der Waals surface area contributed by atoms with Gasteiger partial charge < -0.3 is 15.0 Å². The van der Waals surface area contributed by atoms with Gasteiger partial charge in [0.2, 0.25) is 6.41 Å². The first-order valence-corrected chi connectivity index (χ1v) is 11.3. The average Bonchev–Trinajstić information content (AvgIpc) is 2.90. The number of piperazine rings is 1. The van der Waals surface area contributed by atoms with Gasteiger partial charge in [-0.2, -0.15) is 0 Å². The molecule has 2 amide bonds. The Kier molecular flexibility index (Phi) is 9.76. The second-order valence-electron chi connectivity index (χ2n) is 8.04. The molecule has 0 spiro atoms. The molecule has 1 N–H and O–H groups in total. The molecule has 1 aliphatic heterocycles. The van der Waals surface area contributed by atoms with Gasteiger partial charge in [-0.1, -0.05) is 60.7 Å². The number of nitrogens with one attached hydrogen (secondary N) is 1. The highest BCUT2D eigenvalue weighted by atomic mass is 16.4. The Hall–Kier alpha value is -3.55. The normalized spacial score (nSPS) is 15.9. The van der Waals surface area contributed by atoms with Crippen molar-refractivity contribution in [1.82, 2.24) is 20.1 Å². The van der Waals surface area contributed by atoms with Gasteiger partial charge in [0.1, 0.15) is 0 Å². The third-order valence-electron chi connectivity index (χ3n) is 5.72. The zero-order valence-electron chi connectivity index (χ0n) is 19.7. The molecule has 2 aromatic carbocycles. The Labute approximate surface area is 201 Å². The van der Waals surface area contributed by atoms with Crippen molar-refractivity contribution < 1.29 is 14.3 Å². The summed E-state index contributed by atoms with van der Waals surface area (Å²) >= 11 is 0. The molecule has 0 aliphatic carbocycles. The van der Waals surface area contributed by atoms with Crippen LogP contribution in [0.25, 0.3) is 0 Å². The molecule has 2 heterocycles. The molecule has 1 aromatic heterocycles. The maximum Gasteiger partial charge on any atom is 0.255 e. The lowest BCUT2D eigenvalue weighted by molar-refractivity contribution is -0.109. The van der Waals surface area contributed by atoms with Crippen LogP contribution in [0, 0.1) is 0 Å². The number of rotatable bonds is 7. The second kappa shape index (κ2) is 13.2. The summed E-state index contributed by atoms with van der Waals surface area (Å²) in [5.41, 5.74) is 2.97. The number of hydrogen-bond acceptors (Lipinski definition) is 5. The van der Waals surface area contributed by atoms with Crippen molar-refractivity contribution in [3.05, 3.63) is 102 Å². The van der Waals surface area contributed by atoms with Crippen LogP contribution in [0.1, 0.15) is 27.5 Å². The summed E-state index contributed by atoms with van der Waals surface area (Å²) in [6.45, 7) is 2.31. The van der Waals surface area contributed by atoms with E-state index < -0.39 is 0 Å². The molecule has 34 heavy (non-hydrogen) atoms. The third-order valence-corrected chi connectivity index (χ3v) is 5.72. The van der Waals surface area contributed by atoms with Crippen LogP contribution in [0.3, 0.4) is 0 Å². The summed E-state index contributed by atoms with van der Waals surface area (Å²) in [5.74, 6) is -0.0279. The third kappa shape index (κ3) is 6.50. The molecule has 0 radical (unpaired) electrons. The van der Waals surface area contributed by atoms with Crippen molar-refractivity contribution in [1.29, 1.82) is 0 Å². The summed E-state index contributed by atoms with van der Waals surface area (Å²) in [7, 11) is 3.25. The van der Waals surface area contributed by atoms with Gasteiger partial charge >= 0.3 is 0 Å². The zero-order valence-corrected chi connectivity index (χ0v) is 19.7. The summed E-state index contributed by atoms with van der Waals surface area (Å²) in [4.78, 5) is 32.4. The van der Waals surface area contributed by atoms with Crippen LogP contribution in [-0.2, 0) is 9.53 Å². The van der Waals surface area contributed by atoms with E-state index in [1.54, 1.807) is 38.7 Å². The molecule has 4 rings (SSSR count). The number of carbonyl (C=O) groups excluding carboxylic acids is 2. The highest BCUT2D eigenvalue weighted by molar-refractivity contribution is 5.94. The van der Waals surface area contributed by atoms with E-state index in [1.165, 1.54) is 11.1 Å². The predicted octanol–water partition coefficient (Wildman–Crippen LogP) is 3.01. The Morgan fingerprint density at radius 3 is 2.18 bits per heavy atom. The fourth-order valence-electron chi connectivity index (χ4n) is 4.28. The van der Waals surface area contributed by atoms with Crippen LogP contribution in [0.5, 0.6) is 0 Å². The van der Waals surface area contributed by atoms with Gasteiger partial charge in [-0.15, -0.1) is 0 Å². The Morgan fingerprint density at radius 1 is 1.03 bits per heavy atom. The first-order chi connectivity index (χ1) is 16.7. The largest absolute Gasteiger partial charge is 0.388 e. The van der Waals surface area contributed by atoms with E-state index >= 15 is 0 Å². The number of hydrogen-bond donors (Lipinski definition) is 1. The molecule has 0 bridgehead atoms. The van der Waals surface area contributed by atoms with Crippen LogP contribution in [0.15, 0.2) is 85.2 Å². The molecule has 1 aliphatic rings. The number of pyridine rings is 1. The van der Waals surface area contributed by atoms with E-state index in [0.29, 0.717) is 31.7 Å². The van der Waals surface area contributed by atoms with E-state index in [-0.39, 0.29) is 18.0 Å². The first-order valence-electron chi connectivity index (χ1n) is 11.3. The summed E-state index contributed by atoms with van der Waals surface area (Å²) in [6.07, 6.45) is 3.99. The Balaban J connectivity index is 0.00000103. The fraction of sp³-hybridized carbons (Fsp3) is 0.296. The monoisotopic (exact) mass is 460 g/mol. The van der Waals surface area contributed by atoms with Crippen LogP contribution in [-0.4, -0.2) is 73.5 Å². The maximum absolute atomic E-state index is 13.0. The molecule has 3 aromatic rings. The average molecular weight is 461 g/mol. The minimum absolute atomic E-state index is 0.0232. The SMILES string of the molecule is COC.O=CNCC1CN(C(=O)c2cccnc2)CCN1C(c1ccccc1)c1ccccc1. The number of ether oxygens (including phenoxy) is 1. The molecule has 178 valence electrons. The number of benzene rings is 2. The summed E-state index contributed by atoms with van der Waals surface area (Å²) < 4.78 is 4.25. The van der Waals surface area contributed by atoms with Crippen molar-refractivity contribution in [2.45, 2.75) is 12.1 Å². The van der Waals surface area contributed by atoms with E-state index in [9.17, 15) is 9.59 Å². The number of aromatic nitrogens is 1. The van der Waals surface area contributed by atoms with Gasteiger partial charge in [0.05, 0.1) is 11.6 Å². The van der Waals surface area contributed by atoms with Crippen molar-refractivity contribution in [3.8, 4) is 0 Å². The highest BCUT2D eigenvalue weighted by Crippen LogP contribution is 2.32. The molecule has 7 heteroatoms. The van der Waals surface area contributed by atoms with Crippen molar-refractivity contribution in [2.24, 2.45) is 0 Å². The van der Waals surface area contributed by atoms with Crippen molar-refractivity contribution in [2.75, 3.05) is 40.4 Å². The predicted molar refractivity (Wildman–Crippen MR) is 132 cm³/mol. The van der Waals surface area contributed by atoms with Crippen LogP contribution >= 0.6 is 0 Å². The van der Waals surface area contributed by atoms with Crippen LogP contribution in [0.2, 0.25) is 0 Å². The number of nitrogens with zero attached hydrogens (tertiary/aromatic N) is 3. The quantitative estimate of drug-likeness (QED) is 0.549. The topological polar surface area (TPSA) is 74.8 Å². The van der Waals surface area contributed by atoms with E-state index in [4.69, 9.17) is 0 Å². The number of carbonyl (C=O) groups is 2. The van der Waals surface area contributed by atoms with Gasteiger partial charge in [-0.05, 0) is 23.3 Å². The minimum atomic E-state index is -0.0279. The minimum Gasteiger partial charge on any atom is -0.388 e. The lowest BCUT2D eigenvalue weighted by Crippen LogP contribution is -2.58. The molecule has 1 unspecified atom stereocenters. The van der Waals surface area contributed by atoms with Crippen molar-refractivity contribution in [3.63, 3.8) is 0 Å². The molecule has 1 atom stereocenters. The second-order valence-corrected chi connectivity index (χ2v) is 8.04. The standard InChI is InChI=1S/C25H26N4O2.C2H6O/c30-19-27-17-23-18-28(25(31)22-12-7-13-26-16-22)14-15-29(23)24(20-8-3-1-4-9-20)21-10-5-2-6-11-21;1-3-2/h1-13,16,19,23-24H,14-15,17-18H2,(H,27,30);1-2H3. The van der Waals surface area contributed by atoms with Gasteiger partial charge in [0.25, 0.3) is 5.91 Å². The van der Waals surface area contributed by atoms with Gasteiger partial charge in [-0.25, -0.2) is 0 Å². The molecule has 1 saturated heterocycles. The molecule has 7 nitrogen and oxygen atoms in total. The summed E-state index contributed by atoms with van der Waals surface area (Å²) in [6, 6.07) is 24.3. The Bertz CT molecular complexity index is 963. The molecular formula is C27H32N4O3. The summed E-state index contributed by atoms with van der Waals surface area (Å²) in [5, 5.41) is 2.83. The molecule has 1 fully saturated rings. The molecule has 0 saturated carbocycles. The fourth-order valence-corrected chi connectivity index (χ4v) is 4.28. The lowest BCUT2D eigenvalue weighted by Gasteiger charge is -2.45. The zero-order chi connectivity index (χ0) is 24.2. The van der Waals surface area contributed by atoms with Crippen LogP contribution < -0.4 is 5.32 Å². The van der Waals surface area contributed by atoms with Gasteiger partial charge in [0.15, 0.2) is 0 Å². The smallest absolute Gasteiger partial charge is 0.255 e. The number of methoxy groups -OCH3 is 1. The Morgan fingerprint density at radius 2 is 1.65 bits per heavy atom. The highest BCUT2D eigenvalue weighted by Gasteiger charge is 2.35. The van der Waals surface area contributed by atoms with Crippen molar-refractivity contribution >= 4 is 12.3 Å². The van der Waals surface area contributed by atoms with E-state index in [2.05, 4.69) is 44.2 Å². The number of amides is 2. The molecular weight excluding hydrogens is 428 g/mol.